The molecule has 0 unspecified atom stereocenters. The molecular formula is C19H26O8P2. The molecule has 0 aliphatic rings. The Hall–Kier alpha value is -1.66. The Bertz CT molecular complexity index is 852. The van der Waals surface area contributed by atoms with Crippen LogP contribution in [0.15, 0.2) is 36.4 Å². The van der Waals surface area contributed by atoms with E-state index in [-0.39, 0.29) is 0 Å². The minimum atomic E-state index is -3.60. The van der Waals surface area contributed by atoms with Gasteiger partial charge in [-0.15, -0.1) is 0 Å². The van der Waals surface area contributed by atoms with Crippen molar-refractivity contribution in [2.24, 2.45) is 0 Å². The Morgan fingerprint density at radius 3 is 1.28 bits per heavy atom. The molecule has 0 amide bonds. The molecule has 0 bridgehead atoms. The fourth-order valence-electron chi connectivity index (χ4n) is 2.62. The van der Waals surface area contributed by atoms with E-state index in [1.807, 2.05) is 38.1 Å². The predicted octanol–water partition coefficient (Wildman–Crippen LogP) is 5.45. The molecule has 0 atom stereocenters. The van der Waals surface area contributed by atoms with E-state index in [1.165, 1.54) is 28.4 Å². The van der Waals surface area contributed by atoms with Crippen molar-refractivity contribution < 1.29 is 36.3 Å². The normalized spacial score (nSPS) is 12.1. The summed E-state index contributed by atoms with van der Waals surface area (Å²) in [6.45, 7) is 3.70. The lowest BCUT2D eigenvalue weighted by molar-refractivity contribution is 0.209. The molecule has 8 nitrogen and oxygen atoms in total. The Kier molecular flexibility index (Phi) is 8.06. The van der Waals surface area contributed by atoms with Gasteiger partial charge < -0.3 is 9.05 Å². The van der Waals surface area contributed by atoms with Crippen LogP contribution in [0, 0.1) is 13.8 Å². The maximum atomic E-state index is 12.1. The molecule has 2 aromatic carbocycles. The van der Waals surface area contributed by atoms with E-state index in [0.29, 0.717) is 17.9 Å². The first-order valence-corrected chi connectivity index (χ1v) is 11.6. The SMILES string of the molecule is COP(=O)(OC)Oc1ccc(Cc2ccc(OP(=O)(OC)OC)c(C)c2)cc1C. The Labute approximate surface area is 171 Å². The van der Waals surface area contributed by atoms with Crippen molar-refractivity contribution in [3.05, 3.63) is 58.7 Å². The van der Waals surface area contributed by atoms with Crippen molar-refractivity contribution in [1.29, 1.82) is 0 Å². The van der Waals surface area contributed by atoms with Gasteiger partial charge in [-0.1, -0.05) is 24.3 Å². The van der Waals surface area contributed by atoms with Gasteiger partial charge in [0.1, 0.15) is 11.5 Å². The van der Waals surface area contributed by atoms with Crippen LogP contribution in [-0.4, -0.2) is 28.4 Å². The lowest BCUT2D eigenvalue weighted by Crippen LogP contribution is -2.00. The van der Waals surface area contributed by atoms with Gasteiger partial charge in [-0.2, -0.15) is 0 Å². The average Bonchev–Trinajstić information content (AvgIpc) is 2.72. The van der Waals surface area contributed by atoms with Crippen molar-refractivity contribution in [3.63, 3.8) is 0 Å². The summed E-state index contributed by atoms with van der Waals surface area (Å²) in [5, 5.41) is 0. The van der Waals surface area contributed by atoms with Crippen LogP contribution < -0.4 is 9.05 Å². The molecule has 0 aliphatic carbocycles. The molecule has 160 valence electrons. The lowest BCUT2D eigenvalue weighted by Gasteiger charge is -2.17. The molecule has 0 heterocycles. The van der Waals surface area contributed by atoms with Crippen LogP contribution in [0.2, 0.25) is 0 Å². The fourth-order valence-corrected chi connectivity index (χ4v) is 4.11. The summed E-state index contributed by atoms with van der Waals surface area (Å²) in [7, 11) is -2.14. The molecule has 0 spiro atoms. The summed E-state index contributed by atoms with van der Waals surface area (Å²) in [5.41, 5.74) is 3.67. The van der Waals surface area contributed by atoms with Gasteiger partial charge in [0.05, 0.1) is 0 Å². The zero-order chi connectivity index (χ0) is 21.7. The summed E-state index contributed by atoms with van der Waals surface area (Å²) >= 11 is 0. The highest BCUT2D eigenvalue weighted by atomic mass is 31.2. The molecule has 2 aromatic rings. The predicted molar refractivity (Wildman–Crippen MR) is 110 cm³/mol. The van der Waals surface area contributed by atoms with Crippen LogP contribution in [-0.2, 0) is 33.6 Å². The van der Waals surface area contributed by atoms with E-state index in [2.05, 4.69) is 0 Å². The van der Waals surface area contributed by atoms with Gasteiger partial charge in [0, 0.05) is 28.4 Å². The fraction of sp³-hybridized carbons (Fsp3) is 0.368. The number of aryl methyl sites for hydroxylation is 2. The van der Waals surface area contributed by atoms with E-state index < -0.39 is 15.6 Å². The molecule has 0 saturated carbocycles. The molecule has 0 N–H and O–H groups in total. The van der Waals surface area contributed by atoms with Crippen LogP contribution in [0.3, 0.4) is 0 Å². The first-order chi connectivity index (χ1) is 13.7. The van der Waals surface area contributed by atoms with E-state index in [1.54, 1.807) is 12.1 Å². The molecule has 0 aromatic heterocycles. The topological polar surface area (TPSA) is 89.5 Å². The molecular weight excluding hydrogens is 418 g/mol. The number of rotatable bonds is 10. The van der Waals surface area contributed by atoms with Crippen LogP contribution in [0.1, 0.15) is 22.3 Å². The van der Waals surface area contributed by atoms with E-state index in [9.17, 15) is 9.13 Å². The number of benzene rings is 2. The third-order valence-electron chi connectivity index (χ3n) is 4.20. The van der Waals surface area contributed by atoms with Gasteiger partial charge in [0.25, 0.3) is 0 Å². The summed E-state index contributed by atoms with van der Waals surface area (Å²) in [6.07, 6.45) is 0.653. The van der Waals surface area contributed by atoms with Gasteiger partial charge >= 0.3 is 15.6 Å². The van der Waals surface area contributed by atoms with Gasteiger partial charge in [0.15, 0.2) is 0 Å². The highest BCUT2D eigenvalue weighted by Gasteiger charge is 2.26. The smallest absolute Gasteiger partial charge is 0.404 e. The standard InChI is InChI=1S/C19H26O8P2/c1-14-11-16(7-9-18(14)26-28(20,22-3)23-4)13-17-8-10-19(15(2)12-17)27-29(21,24-5)25-6/h7-12H,13H2,1-6H3. The molecule has 0 saturated heterocycles. The molecule has 0 aliphatic heterocycles. The van der Waals surface area contributed by atoms with Gasteiger partial charge in [0.2, 0.25) is 0 Å². The lowest BCUT2D eigenvalue weighted by atomic mass is 10.0. The number of phosphoric ester groups is 2. The van der Waals surface area contributed by atoms with E-state index in [4.69, 9.17) is 27.1 Å². The second kappa shape index (κ2) is 9.90. The number of hydrogen-bond donors (Lipinski definition) is 0. The maximum Gasteiger partial charge on any atom is 0.529 e. The zero-order valence-electron chi connectivity index (χ0n) is 17.3. The molecule has 29 heavy (non-hydrogen) atoms. The minimum Gasteiger partial charge on any atom is -0.404 e. The van der Waals surface area contributed by atoms with Crippen molar-refractivity contribution in [3.8, 4) is 11.5 Å². The molecule has 10 heteroatoms. The van der Waals surface area contributed by atoms with Gasteiger partial charge in [-0.25, -0.2) is 9.13 Å². The zero-order valence-corrected chi connectivity index (χ0v) is 19.1. The van der Waals surface area contributed by atoms with Gasteiger partial charge in [-0.05, 0) is 54.7 Å². The Morgan fingerprint density at radius 1 is 0.655 bits per heavy atom. The number of phosphoric acid groups is 2. The molecule has 2 rings (SSSR count). The number of hydrogen-bond acceptors (Lipinski definition) is 8. The quantitative estimate of drug-likeness (QED) is 0.447. The van der Waals surface area contributed by atoms with E-state index in [0.717, 1.165) is 22.3 Å². The maximum absolute atomic E-state index is 12.1. The first kappa shape index (κ1) is 23.6. The third kappa shape index (κ3) is 6.16. The summed E-state index contributed by atoms with van der Waals surface area (Å²) in [4.78, 5) is 0. The largest absolute Gasteiger partial charge is 0.529 e. The third-order valence-corrected chi connectivity index (χ3v) is 6.83. The summed E-state index contributed by atoms with van der Waals surface area (Å²) in [6, 6.07) is 11.1. The van der Waals surface area contributed by atoms with Crippen LogP contribution >= 0.6 is 15.6 Å². The van der Waals surface area contributed by atoms with Crippen molar-refractivity contribution in [2.45, 2.75) is 20.3 Å². The second-order valence-corrected chi connectivity index (χ2v) is 9.80. The first-order valence-electron chi connectivity index (χ1n) is 8.69. The highest BCUT2D eigenvalue weighted by Crippen LogP contribution is 2.49. The van der Waals surface area contributed by atoms with Crippen molar-refractivity contribution >= 4 is 15.6 Å². The van der Waals surface area contributed by atoms with Crippen LogP contribution in [0.5, 0.6) is 11.5 Å². The molecule has 0 radical (unpaired) electrons. The Morgan fingerprint density at radius 2 is 1.00 bits per heavy atom. The summed E-state index contributed by atoms with van der Waals surface area (Å²) < 4.78 is 54.3. The second-order valence-electron chi connectivity index (χ2n) is 6.18. The van der Waals surface area contributed by atoms with Crippen LogP contribution in [0.25, 0.3) is 0 Å². The van der Waals surface area contributed by atoms with Crippen molar-refractivity contribution in [1.82, 2.24) is 0 Å². The summed E-state index contributed by atoms with van der Waals surface area (Å²) in [5.74, 6) is 0.853. The Balaban J connectivity index is 2.16. The monoisotopic (exact) mass is 444 g/mol. The minimum absolute atomic E-state index is 0.426. The van der Waals surface area contributed by atoms with Crippen molar-refractivity contribution in [2.75, 3.05) is 28.4 Å². The van der Waals surface area contributed by atoms with Gasteiger partial charge in [-0.3, -0.25) is 18.1 Å². The molecule has 0 fully saturated rings. The van der Waals surface area contributed by atoms with E-state index >= 15 is 0 Å². The average molecular weight is 444 g/mol. The highest BCUT2D eigenvalue weighted by molar-refractivity contribution is 7.49. The van der Waals surface area contributed by atoms with Crippen LogP contribution in [0.4, 0.5) is 0 Å².